The summed E-state index contributed by atoms with van der Waals surface area (Å²) in [5.41, 5.74) is 9.28. The Labute approximate surface area is 133 Å². The van der Waals surface area contributed by atoms with Gasteiger partial charge in [-0.05, 0) is 26.0 Å². The maximum Gasteiger partial charge on any atom is 0.0738 e. The number of hydrogen-bond donors (Lipinski definition) is 1. The number of anilines is 2. The Bertz CT molecular complexity index is 514. The van der Waals surface area contributed by atoms with E-state index < -0.39 is 0 Å². The van der Waals surface area contributed by atoms with E-state index in [1.807, 2.05) is 12.3 Å². The Morgan fingerprint density at radius 1 is 1.18 bits per heavy atom. The molecule has 2 saturated heterocycles. The third kappa shape index (κ3) is 3.19. The minimum absolute atomic E-state index is 0.614. The van der Waals surface area contributed by atoms with Crippen molar-refractivity contribution in [1.29, 1.82) is 0 Å². The zero-order valence-corrected chi connectivity index (χ0v) is 13.5. The molecule has 22 heavy (non-hydrogen) atoms. The summed E-state index contributed by atoms with van der Waals surface area (Å²) in [5, 5.41) is 0. The number of piperazine rings is 1. The number of aromatic nitrogens is 1. The van der Waals surface area contributed by atoms with E-state index in [0.29, 0.717) is 5.92 Å². The molecule has 3 heterocycles. The van der Waals surface area contributed by atoms with Crippen LogP contribution in [0, 0.1) is 5.92 Å². The zero-order chi connectivity index (χ0) is 15.5. The van der Waals surface area contributed by atoms with E-state index in [1.165, 1.54) is 5.70 Å². The summed E-state index contributed by atoms with van der Waals surface area (Å²) >= 11 is 0. The maximum atomic E-state index is 6.04. The third-order valence-corrected chi connectivity index (χ3v) is 5.04. The fraction of sp³-hybridized carbons (Fsp3) is 0.588. The molecule has 0 atom stereocenters. The Balaban J connectivity index is 1.55. The van der Waals surface area contributed by atoms with Gasteiger partial charge in [0.2, 0.25) is 0 Å². The molecule has 0 amide bonds. The molecule has 0 spiro atoms. The van der Waals surface area contributed by atoms with Gasteiger partial charge in [-0.2, -0.15) is 0 Å². The first-order chi connectivity index (χ1) is 10.6. The molecule has 2 fully saturated rings. The first kappa shape index (κ1) is 15.2. The average Bonchev–Trinajstić information content (AvgIpc) is 2.56. The standard InChI is InChI=1S/C17H27N5/c1-14(21-11-9-20(2)10-12-21)15-4-7-22(8-5-15)17-3-6-19-13-16(17)18/h3,6,13,15H,1,4-5,7-12,18H2,2H3. The second kappa shape index (κ2) is 6.57. The number of nitrogen functional groups attached to an aromatic ring is 1. The zero-order valence-electron chi connectivity index (χ0n) is 13.5. The minimum atomic E-state index is 0.614. The van der Waals surface area contributed by atoms with Gasteiger partial charge < -0.3 is 20.4 Å². The predicted octanol–water partition coefficient (Wildman–Crippen LogP) is 1.64. The predicted molar refractivity (Wildman–Crippen MR) is 91.8 cm³/mol. The fourth-order valence-electron chi connectivity index (χ4n) is 3.49. The highest BCUT2D eigenvalue weighted by Gasteiger charge is 2.26. The lowest BCUT2D eigenvalue weighted by atomic mass is 9.92. The Hall–Kier alpha value is -1.75. The number of rotatable bonds is 3. The van der Waals surface area contributed by atoms with E-state index in [1.54, 1.807) is 6.20 Å². The molecule has 2 aliphatic heterocycles. The monoisotopic (exact) mass is 301 g/mol. The van der Waals surface area contributed by atoms with Crippen LogP contribution >= 0.6 is 0 Å². The van der Waals surface area contributed by atoms with E-state index in [9.17, 15) is 0 Å². The molecule has 1 aromatic rings. The van der Waals surface area contributed by atoms with Crippen LogP contribution in [0.25, 0.3) is 0 Å². The van der Waals surface area contributed by atoms with Crippen molar-refractivity contribution in [3.8, 4) is 0 Å². The third-order valence-electron chi connectivity index (χ3n) is 5.04. The molecule has 3 rings (SSSR count). The van der Waals surface area contributed by atoms with Gasteiger partial charge in [-0.15, -0.1) is 0 Å². The Morgan fingerprint density at radius 3 is 2.50 bits per heavy atom. The van der Waals surface area contributed by atoms with Crippen molar-refractivity contribution in [2.24, 2.45) is 5.92 Å². The van der Waals surface area contributed by atoms with Crippen LogP contribution in [0.2, 0.25) is 0 Å². The van der Waals surface area contributed by atoms with Gasteiger partial charge in [0.1, 0.15) is 0 Å². The van der Waals surface area contributed by atoms with Crippen molar-refractivity contribution in [3.63, 3.8) is 0 Å². The molecule has 1 aromatic heterocycles. The summed E-state index contributed by atoms with van der Waals surface area (Å²) in [6, 6.07) is 2.02. The van der Waals surface area contributed by atoms with E-state index in [-0.39, 0.29) is 0 Å². The second-order valence-electron chi connectivity index (χ2n) is 6.48. The van der Waals surface area contributed by atoms with Crippen LogP contribution in [0.1, 0.15) is 12.8 Å². The van der Waals surface area contributed by atoms with Crippen molar-refractivity contribution in [2.45, 2.75) is 12.8 Å². The number of nitrogens with two attached hydrogens (primary N) is 1. The lowest BCUT2D eigenvalue weighted by molar-refractivity contribution is 0.168. The van der Waals surface area contributed by atoms with Crippen molar-refractivity contribution in [1.82, 2.24) is 14.8 Å². The van der Waals surface area contributed by atoms with Crippen molar-refractivity contribution < 1.29 is 0 Å². The summed E-state index contributed by atoms with van der Waals surface area (Å²) in [6.07, 6.45) is 5.88. The lowest BCUT2D eigenvalue weighted by Crippen LogP contribution is -2.46. The number of likely N-dealkylation sites (N-methyl/N-ethyl adjacent to an activating group) is 1. The summed E-state index contributed by atoms with van der Waals surface area (Å²) in [7, 11) is 2.19. The summed E-state index contributed by atoms with van der Waals surface area (Å²) in [6.45, 7) is 11.0. The van der Waals surface area contributed by atoms with Crippen LogP contribution in [-0.4, -0.2) is 61.1 Å². The Kier molecular flexibility index (Phi) is 4.52. The molecule has 0 saturated carbocycles. The van der Waals surface area contributed by atoms with Crippen LogP contribution in [0.3, 0.4) is 0 Å². The number of pyridine rings is 1. The first-order valence-corrected chi connectivity index (χ1v) is 8.22. The normalized spacial score (nSPS) is 21.1. The first-order valence-electron chi connectivity index (χ1n) is 8.22. The number of hydrogen-bond acceptors (Lipinski definition) is 5. The molecule has 2 aliphatic rings. The smallest absolute Gasteiger partial charge is 0.0738 e. The highest BCUT2D eigenvalue weighted by atomic mass is 15.3. The van der Waals surface area contributed by atoms with Gasteiger partial charge in [0.05, 0.1) is 17.6 Å². The molecule has 0 aromatic carbocycles. The number of allylic oxidation sites excluding steroid dienone is 1. The van der Waals surface area contributed by atoms with E-state index in [4.69, 9.17) is 5.73 Å². The number of piperidine rings is 1. The van der Waals surface area contributed by atoms with Crippen LogP contribution in [-0.2, 0) is 0 Å². The van der Waals surface area contributed by atoms with Gasteiger partial charge in [-0.3, -0.25) is 4.98 Å². The molecule has 0 aliphatic carbocycles. The molecule has 5 nitrogen and oxygen atoms in total. The van der Waals surface area contributed by atoms with Crippen LogP contribution in [0.4, 0.5) is 11.4 Å². The van der Waals surface area contributed by atoms with Gasteiger partial charge >= 0.3 is 0 Å². The molecule has 0 bridgehead atoms. The Morgan fingerprint density at radius 2 is 1.86 bits per heavy atom. The minimum Gasteiger partial charge on any atom is -0.396 e. The van der Waals surface area contributed by atoms with Gasteiger partial charge in [0.25, 0.3) is 0 Å². The van der Waals surface area contributed by atoms with Crippen LogP contribution < -0.4 is 10.6 Å². The van der Waals surface area contributed by atoms with Crippen molar-refractivity contribution in [3.05, 3.63) is 30.7 Å². The molecule has 0 radical (unpaired) electrons. The molecular weight excluding hydrogens is 274 g/mol. The maximum absolute atomic E-state index is 6.04. The van der Waals surface area contributed by atoms with Crippen LogP contribution in [0.5, 0.6) is 0 Å². The highest BCUT2D eigenvalue weighted by Crippen LogP contribution is 2.31. The van der Waals surface area contributed by atoms with E-state index in [0.717, 1.165) is 63.5 Å². The summed E-state index contributed by atoms with van der Waals surface area (Å²) in [4.78, 5) is 11.3. The summed E-state index contributed by atoms with van der Waals surface area (Å²) < 4.78 is 0. The van der Waals surface area contributed by atoms with Gasteiger partial charge in [0, 0.05) is 57.1 Å². The topological polar surface area (TPSA) is 48.6 Å². The van der Waals surface area contributed by atoms with Crippen molar-refractivity contribution in [2.75, 3.05) is 56.9 Å². The average molecular weight is 301 g/mol. The molecule has 0 unspecified atom stereocenters. The largest absolute Gasteiger partial charge is 0.396 e. The van der Waals surface area contributed by atoms with E-state index in [2.05, 4.69) is 33.3 Å². The second-order valence-corrected chi connectivity index (χ2v) is 6.48. The van der Waals surface area contributed by atoms with Crippen molar-refractivity contribution >= 4 is 11.4 Å². The molecule has 5 heteroatoms. The van der Waals surface area contributed by atoms with Gasteiger partial charge in [-0.25, -0.2) is 0 Å². The van der Waals surface area contributed by atoms with E-state index >= 15 is 0 Å². The molecular formula is C17H27N5. The summed E-state index contributed by atoms with van der Waals surface area (Å²) in [5.74, 6) is 0.614. The van der Waals surface area contributed by atoms with Gasteiger partial charge in [0.15, 0.2) is 0 Å². The quantitative estimate of drug-likeness (QED) is 0.920. The van der Waals surface area contributed by atoms with Gasteiger partial charge in [-0.1, -0.05) is 6.58 Å². The fourth-order valence-corrected chi connectivity index (χ4v) is 3.49. The highest BCUT2D eigenvalue weighted by molar-refractivity contribution is 5.66. The molecule has 120 valence electrons. The SMILES string of the molecule is C=C(C1CCN(c2ccncc2N)CC1)N1CCN(C)CC1. The number of nitrogens with zero attached hydrogens (tertiary/aromatic N) is 4. The van der Waals surface area contributed by atoms with Crippen LogP contribution in [0.15, 0.2) is 30.7 Å². The molecule has 2 N–H and O–H groups in total. The lowest BCUT2D eigenvalue weighted by Gasteiger charge is -2.41.